The Morgan fingerprint density at radius 1 is 1.50 bits per heavy atom. The highest BCUT2D eigenvalue weighted by Gasteiger charge is 2.29. The molecule has 0 aromatic carbocycles. The van der Waals surface area contributed by atoms with Gasteiger partial charge in [0.1, 0.15) is 5.60 Å². The Labute approximate surface area is 128 Å². The van der Waals surface area contributed by atoms with Crippen LogP contribution in [0.3, 0.4) is 0 Å². The highest BCUT2D eigenvalue weighted by atomic mass is 79.9. The lowest BCUT2D eigenvalue weighted by molar-refractivity contribution is 0.0166. The van der Waals surface area contributed by atoms with Crippen LogP contribution in [0.25, 0.3) is 0 Å². The van der Waals surface area contributed by atoms with Gasteiger partial charge in [0.25, 0.3) is 0 Å². The molecule has 2 rings (SSSR count). The van der Waals surface area contributed by atoms with Crippen LogP contribution in [0.4, 0.5) is 4.79 Å². The Morgan fingerprint density at radius 3 is 2.75 bits per heavy atom. The molecule has 1 aliphatic heterocycles. The molecule has 1 saturated heterocycles. The first-order chi connectivity index (χ1) is 9.28. The maximum atomic E-state index is 12.1. The number of carbonyl (C=O) groups is 1. The largest absolute Gasteiger partial charge is 0.444 e. The zero-order valence-electron chi connectivity index (χ0n) is 12.5. The first-order valence-corrected chi connectivity index (χ1v) is 7.75. The molecule has 1 aliphatic rings. The van der Waals surface area contributed by atoms with Crippen molar-refractivity contribution in [2.75, 3.05) is 13.1 Å². The number of hydrogen-bond acceptors (Lipinski definition) is 3. The quantitative estimate of drug-likeness (QED) is 0.783. The lowest BCUT2D eigenvalue weighted by Crippen LogP contribution is -2.43. The van der Waals surface area contributed by atoms with Gasteiger partial charge in [0.2, 0.25) is 0 Å². The van der Waals surface area contributed by atoms with E-state index in [0.717, 1.165) is 29.6 Å². The summed E-state index contributed by atoms with van der Waals surface area (Å²) in [5.41, 5.74) is 0.648. The van der Waals surface area contributed by atoms with E-state index in [1.165, 1.54) is 0 Å². The van der Waals surface area contributed by atoms with E-state index in [1.807, 2.05) is 38.6 Å². The Kier molecular flexibility index (Phi) is 4.42. The molecule has 1 aromatic rings. The Bertz CT molecular complexity index is 493. The molecule has 1 atom stereocenters. The number of carbonyl (C=O) groups excluding carboxylic acids is 1. The predicted octanol–water partition coefficient (Wildman–Crippen LogP) is 3.53. The number of amides is 1. The fourth-order valence-electron chi connectivity index (χ4n) is 2.42. The van der Waals surface area contributed by atoms with Gasteiger partial charge in [-0.05, 0) is 56.5 Å². The van der Waals surface area contributed by atoms with Gasteiger partial charge in [0.05, 0.1) is 16.7 Å². The SMILES string of the molecule is Cc1c(Br)cnn1[C@@H]1CCCN(C(=O)OC(C)(C)C)C1. The zero-order valence-corrected chi connectivity index (χ0v) is 14.1. The molecule has 0 radical (unpaired) electrons. The Hall–Kier alpha value is -1.04. The molecule has 1 amide bonds. The van der Waals surface area contributed by atoms with Crippen LogP contribution in [-0.4, -0.2) is 39.5 Å². The molecule has 1 aromatic heterocycles. The number of hydrogen-bond donors (Lipinski definition) is 0. The third kappa shape index (κ3) is 3.53. The lowest BCUT2D eigenvalue weighted by Gasteiger charge is -2.34. The van der Waals surface area contributed by atoms with Crippen molar-refractivity contribution < 1.29 is 9.53 Å². The van der Waals surface area contributed by atoms with Crippen molar-refractivity contribution in [3.05, 3.63) is 16.4 Å². The number of nitrogens with zero attached hydrogens (tertiary/aromatic N) is 3. The highest BCUT2D eigenvalue weighted by Crippen LogP contribution is 2.26. The molecular weight excluding hydrogens is 322 g/mol. The summed E-state index contributed by atoms with van der Waals surface area (Å²) in [5.74, 6) is 0. The average molecular weight is 344 g/mol. The number of likely N-dealkylation sites (tertiary alicyclic amines) is 1. The van der Waals surface area contributed by atoms with Gasteiger partial charge in [-0.15, -0.1) is 0 Å². The lowest BCUT2D eigenvalue weighted by atomic mass is 10.1. The summed E-state index contributed by atoms with van der Waals surface area (Å²) >= 11 is 3.48. The van der Waals surface area contributed by atoms with Gasteiger partial charge in [-0.2, -0.15) is 5.10 Å². The standard InChI is InChI=1S/C14H22BrN3O2/c1-10-12(15)8-16-18(10)11-6-5-7-17(9-11)13(19)20-14(2,3)4/h8,11H,5-7,9H2,1-4H3/t11-/m1/s1. The molecule has 1 fully saturated rings. The third-order valence-corrected chi connectivity index (χ3v) is 4.16. The van der Waals surface area contributed by atoms with Gasteiger partial charge in [0, 0.05) is 18.8 Å². The average Bonchev–Trinajstić information content (AvgIpc) is 2.68. The van der Waals surface area contributed by atoms with Crippen molar-refractivity contribution in [1.29, 1.82) is 0 Å². The molecule has 0 aliphatic carbocycles. The summed E-state index contributed by atoms with van der Waals surface area (Å²) in [6.07, 6.45) is 3.59. The van der Waals surface area contributed by atoms with Crippen LogP contribution < -0.4 is 0 Å². The monoisotopic (exact) mass is 343 g/mol. The molecule has 20 heavy (non-hydrogen) atoms. The van der Waals surface area contributed by atoms with E-state index in [0.29, 0.717) is 6.54 Å². The van der Waals surface area contributed by atoms with Crippen molar-refractivity contribution in [3.63, 3.8) is 0 Å². The van der Waals surface area contributed by atoms with E-state index in [4.69, 9.17) is 4.74 Å². The van der Waals surface area contributed by atoms with Crippen LogP contribution in [0, 0.1) is 6.92 Å². The minimum absolute atomic E-state index is 0.225. The maximum Gasteiger partial charge on any atom is 0.410 e. The second-order valence-corrected chi connectivity index (χ2v) is 7.10. The minimum Gasteiger partial charge on any atom is -0.444 e. The summed E-state index contributed by atoms with van der Waals surface area (Å²) in [7, 11) is 0. The summed E-state index contributed by atoms with van der Waals surface area (Å²) in [6, 6.07) is 0.225. The van der Waals surface area contributed by atoms with E-state index in [-0.39, 0.29) is 12.1 Å². The smallest absolute Gasteiger partial charge is 0.410 e. The van der Waals surface area contributed by atoms with Crippen LogP contribution in [0.1, 0.15) is 45.3 Å². The van der Waals surface area contributed by atoms with Gasteiger partial charge in [-0.25, -0.2) is 4.79 Å². The number of rotatable bonds is 1. The van der Waals surface area contributed by atoms with Gasteiger partial charge in [-0.3, -0.25) is 4.68 Å². The summed E-state index contributed by atoms with van der Waals surface area (Å²) in [6.45, 7) is 9.11. The second-order valence-electron chi connectivity index (χ2n) is 6.24. The van der Waals surface area contributed by atoms with Crippen molar-refractivity contribution in [2.24, 2.45) is 0 Å². The van der Waals surface area contributed by atoms with Crippen molar-refractivity contribution in [2.45, 2.75) is 52.2 Å². The summed E-state index contributed by atoms with van der Waals surface area (Å²) in [5, 5.41) is 4.40. The molecule has 0 N–H and O–H groups in total. The molecule has 0 bridgehead atoms. The van der Waals surface area contributed by atoms with E-state index in [9.17, 15) is 4.79 Å². The number of aromatic nitrogens is 2. The van der Waals surface area contributed by atoms with Gasteiger partial charge in [-0.1, -0.05) is 0 Å². The predicted molar refractivity (Wildman–Crippen MR) is 80.7 cm³/mol. The number of halogens is 1. The normalized spacial score (nSPS) is 20.1. The molecule has 0 saturated carbocycles. The molecule has 112 valence electrons. The van der Waals surface area contributed by atoms with Crippen molar-refractivity contribution >= 4 is 22.0 Å². The minimum atomic E-state index is -0.450. The van der Waals surface area contributed by atoms with Crippen LogP contribution in [0.15, 0.2) is 10.7 Å². The van der Waals surface area contributed by atoms with Crippen molar-refractivity contribution in [1.82, 2.24) is 14.7 Å². The van der Waals surface area contributed by atoms with E-state index in [2.05, 4.69) is 21.0 Å². The summed E-state index contributed by atoms with van der Waals surface area (Å²) < 4.78 is 8.45. The van der Waals surface area contributed by atoms with Gasteiger partial charge < -0.3 is 9.64 Å². The Morgan fingerprint density at radius 2 is 2.20 bits per heavy atom. The highest BCUT2D eigenvalue weighted by molar-refractivity contribution is 9.10. The molecule has 0 unspecified atom stereocenters. The van der Waals surface area contributed by atoms with Gasteiger partial charge >= 0.3 is 6.09 Å². The van der Waals surface area contributed by atoms with E-state index >= 15 is 0 Å². The second kappa shape index (κ2) is 5.76. The molecular formula is C14H22BrN3O2. The van der Waals surface area contributed by atoms with Gasteiger partial charge in [0.15, 0.2) is 0 Å². The van der Waals surface area contributed by atoms with Crippen molar-refractivity contribution in [3.8, 4) is 0 Å². The first-order valence-electron chi connectivity index (χ1n) is 6.95. The van der Waals surface area contributed by atoms with Crippen LogP contribution >= 0.6 is 15.9 Å². The number of piperidine rings is 1. The Balaban J connectivity index is 2.05. The van der Waals surface area contributed by atoms with E-state index < -0.39 is 5.60 Å². The number of ether oxygens (including phenoxy) is 1. The fraction of sp³-hybridized carbons (Fsp3) is 0.714. The van der Waals surface area contributed by atoms with E-state index in [1.54, 1.807) is 4.90 Å². The van der Waals surface area contributed by atoms with Crippen LogP contribution in [0.2, 0.25) is 0 Å². The summed E-state index contributed by atoms with van der Waals surface area (Å²) in [4.78, 5) is 13.9. The maximum absolute atomic E-state index is 12.1. The molecule has 6 heteroatoms. The first kappa shape index (κ1) is 15.4. The topological polar surface area (TPSA) is 47.4 Å². The van der Waals surface area contributed by atoms with Crippen LogP contribution in [-0.2, 0) is 4.74 Å². The van der Waals surface area contributed by atoms with Crippen LogP contribution in [0.5, 0.6) is 0 Å². The molecule has 0 spiro atoms. The fourth-order valence-corrected chi connectivity index (χ4v) is 2.69. The third-order valence-electron chi connectivity index (χ3n) is 3.38. The molecule has 5 nitrogen and oxygen atoms in total. The zero-order chi connectivity index (χ0) is 14.9. The molecule has 2 heterocycles.